The zero-order valence-electron chi connectivity index (χ0n) is 15.7. The maximum Gasteiger partial charge on any atom is 0.387 e. The second-order valence-electron chi connectivity index (χ2n) is 6.20. The third kappa shape index (κ3) is 5.00. The molecule has 2 aromatic rings. The van der Waals surface area contributed by atoms with Crippen LogP contribution in [-0.2, 0) is 4.79 Å². The minimum atomic E-state index is -2.90. The maximum atomic E-state index is 13.0. The Hall–Kier alpha value is -3.20. The first-order valence-electron chi connectivity index (χ1n) is 8.66. The van der Waals surface area contributed by atoms with Crippen LogP contribution in [0, 0.1) is 0 Å². The number of halogens is 2. The first-order valence-corrected chi connectivity index (χ1v) is 9.06. The van der Waals surface area contributed by atoms with Crippen LogP contribution in [0.2, 0.25) is 0 Å². The fraction of sp³-hybridized carbons (Fsp3) is 0.200. The predicted octanol–water partition coefficient (Wildman–Crippen LogP) is 3.73. The number of anilines is 1. The van der Waals surface area contributed by atoms with Gasteiger partial charge in [0.2, 0.25) is 0 Å². The van der Waals surface area contributed by atoms with Crippen molar-refractivity contribution in [1.29, 1.82) is 0 Å². The SMILES string of the molecule is COc1ccc(NC(=O)C2=C(C)NC(=S)N[C@@H]2c2ccc(OC(F)F)cc2)cc1. The van der Waals surface area contributed by atoms with Gasteiger partial charge in [0, 0.05) is 11.4 Å². The lowest BCUT2D eigenvalue weighted by atomic mass is 9.95. The van der Waals surface area contributed by atoms with Crippen molar-refractivity contribution in [2.45, 2.75) is 19.6 Å². The van der Waals surface area contributed by atoms with E-state index in [1.54, 1.807) is 50.4 Å². The summed E-state index contributed by atoms with van der Waals surface area (Å²) >= 11 is 5.21. The first-order chi connectivity index (χ1) is 13.9. The van der Waals surface area contributed by atoms with Gasteiger partial charge in [-0.3, -0.25) is 4.79 Å². The molecule has 0 unspecified atom stereocenters. The fourth-order valence-electron chi connectivity index (χ4n) is 2.96. The van der Waals surface area contributed by atoms with Gasteiger partial charge >= 0.3 is 6.61 Å². The van der Waals surface area contributed by atoms with E-state index >= 15 is 0 Å². The Morgan fingerprint density at radius 3 is 2.31 bits per heavy atom. The van der Waals surface area contributed by atoms with Crippen molar-refractivity contribution in [2.75, 3.05) is 12.4 Å². The molecule has 0 aromatic heterocycles. The van der Waals surface area contributed by atoms with Gasteiger partial charge in [0.05, 0.1) is 18.7 Å². The topological polar surface area (TPSA) is 71.6 Å². The van der Waals surface area contributed by atoms with Crippen molar-refractivity contribution in [1.82, 2.24) is 10.6 Å². The van der Waals surface area contributed by atoms with Crippen molar-refractivity contribution in [3.8, 4) is 11.5 Å². The molecule has 1 aliphatic heterocycles. The molecular formula is C20H19F2N3O3S. The van der Waals surface area contributed by atoms with Crippen LogP contribution in [0.1, 0.15) is 18.5 Å². The molecule has 0 saturated carbocycles. The number of thiocarbonyl (C=S) groups is 1. The largest absolute Gasteiger partial charge is 0.497 e. The van der Waals surface area contributed by atoms with Crippen LogP contribution in [0.3, 0.4) is 0 Å². The molecule has 1 heterocycles. The van der Waals surface area contributed by atoms with E-state index < -0.39 is 12.7 Å². The number of rotatable bonds is 6. The van der Waals surface area contributed by atoms with E-state index in [9.17, 15) is 13.6 Å². The van der Waals surface area contributed by atoms with Crippen molar-refractivity contribution < 1.29 is 23.0 Å². The highest BCUT2D eigenvalue weighted by Gasteiger charge is 2.30. The number of carbonyl (C=O) groups is 1. The molecule has 1 atom stereocenters. The third-order valence-electron chi connectivity index (χ3n) is 4.30. The van der Waals surface area contributed by atoms with E-state index in [2.05, 4.69) is 20.7 Å². The van der Waals surface area contributed by atoms with E-state index in [1.165, 1.54) is 12.1 Å². The summed E-state index contributed by atoms with van der Waals surface area (Å²) in [4.78, 5) is 13.0. The summed E-state index contributed by atoms with van der Waals surface area (Å²) in [5, 5.41) is 9.21. The highest BCUT2D eigenvalue weighted by atomic mass is 32.1. The third-order valence-corrected chi connectivity index (χ3v) is 4.52. The molecule has 2 aromatic carbocycles. The van der Waals surface area contributed by atoms with Gasteiger partial charge in [-0.15, -0.1) is 0 Å². The van der Waals surface area contributed by atoms with Gasteiger partial charge in [-0.25, -0.2) is 0 Å². The number of hydrogen-bond acceptors (Lipinski definition) is 4. The molecule has 3 N–H and O–H groups in total. The molecule has 0 fully saturated rings. The van der Waals surface area contributed by atoms with E-state index in [0.717, 1.165) is 0 Å². The Labute approximate surface area is 171 Å². The summed E-state index contributed by atoms with van der Waals surface area (Å²) in [5.74, 6) is 0.381. The minimum absolute atomic E-state index is 0.0326. The lowest BCUT2D eigenvalue weighted by Gasteiger charge is -2.30. The number of allylic oxidation sites excluding steroid dienone is 1. The van der Waals surface area contributed by atoms with Gasteiger partial charge in [-0.2, -0.15) is 8.78 Å². The molecule has 0 aliphatic carbocycles. The van der Waals surface area contributed by atoms with Crippen LogP contribution in [0.5, 0.6) is 11.5 Å². The molecule has 1 amide bonds. The summed E-state index contributed by atoms with van der Waals surface area (Å²) in [6, 6.07) is 12.4. The van der Waals surface area contributed by atoms with Crippen LogP contribution < -0.4 is 25.4 Å². The second-order valence-corrected chi connectivity index (χ2v) is 6.61. The monoisotopic (exact) mass is 419 g/mol. The maximum absolute atomic E-state index is 13.0. The Bertz CT molecular complexity index is 931. The molecule has 152 valence electrons. The summed E-state index contributed by atoms with van der Waals surface area (Å²) < 4.78 is 34.2. The first kappa shape index (κ1) is 20.5. The van der Waals surface area contributed by atoms with Crippen molar-refractivity contribution in [3.05, 3.63) is 65.4 Å². The van der Waals surface area contributed by atoms with Gasteiger partial charge < -0.3 is 25.4 Å². The van der Waals surface area contributed by atoms with Crippen molar-refractivity contribution in [2.24, 2.45) is 0 Å². The van der Waals surface area contributed by atoms with Gasteiger partial charge in [-0.05, 0) is 61.1 Å². The molecular weight excluding hydrogens is 400 g/mol. The Balaban J connectivity index is 1.85. The van der Waals surface area contributed by atoms with Gasteiger partial charge in [0.15, 0.2) is 5.11 Å². The molecule has 3 rings (SSSR count). The fourth-order valence-corrected chi connectivity index (χ4v) is 3.23. The smallest absolute Gasteiger partial charge is 0.387 e. The quantitative estimate of drug-likeness (QED) is 0.620. The average Bonchev–Trinajstić information content (AvgIpc) is 2.68. The second kappa shape index (κ2) is 8.87. The number of hydrogen-bond donors (Lipinski definition) is 3. The zero-order chi connectivity index (χ0) is 21.0. The Morgan fingerprint density at radius 1 is 1.10 bits per heavy atom. The highest BCUT2D eigenvalue weighted by Crippen LogP contribution is 2.29. The van der Waals surface area contributed by atoms with Crippen LogP contribution in [0.4, 0.5) is 14.5 Å². The van der Waals surface area contributed by atoms with Crippen molar-refractivity contribution in [3.63, 3.8) is 0 Å². The molecule has 0 spiro atoms. The van der Waals surface area contributed by atoms with Crippen molar-refractivity contribution >= 4 is 28.9 Å². The Kier molecular flexibility index (Phi) is 6.28. The normalized spacial score (nSPS) is 16.2. The minimum Gasteiger partial charge on any atom is -0.497 e. The zero-order valence-corrected chi connectivity index (χ0v) is 16.5. The molecule has 1 aliphatic rings. The van der Waals surface area contributed by atoms with E-state index in [-0.39, 0.29) is 11.7 Å². The van der Waals surface area contributed by atoms with E-state index in [4.69, 9.17) is 17.0 Å². The van der Waals surface area contributed by atoms with Gasteiger partial charge in [0.1, 0.15) is 11.5 Å². The van der Waals surface area contributed by atoms with Crippen LogP contribution in [0.15, 0.2) is 59.8 Å². The number of benzene rings is 2. The molecule has 0 bridgehead atoms. The molecule has 9 heteroatoms. The summed E-state index contributed by atoms with van der Waals surface area (Å²) in [5.41, 5.74) is 2.30. The number of amides is 1. The molecule has 0 radical (unpaired) electrons. The highest BCUT2D eigenvalue weighted by molar-refractivity contribution is 7.80. The predicted molar refractivity (Wildman–Crippen MR) is 109 cm³/mol. The van der Waals surface area contributed by atoms with Gasteiger partial charge in [0.25, 0.3) is 5.91 Å². The summed E-state index contributed by atoms with van der Waals surface area (Å²) in [6.45, 7) is -1.16. The van der Waals surface area contributed by atoms with Gasteiger partial charge in [-0.1, -0.05) is 12.1 Å². The molecule has 6 nitrogen and oxygen atoms in total. The lowest BCUT2D eigenvalue weighted by molar-refractivity contribution is -0.113. The summed E-state index contributed by atoms with van der Waals surface area (Å²) in [7, 11) is 1.56. The van der Waals surface area contributed by atoms with E-state index in [0.29, 0.717) is 33.4 Å². The Morgan fingerprint density at radius 2 is 1.72 bits per heavy atom. The number of nitrogens with one attached hydrogen (secondary N) is 3. The lowest BCUT2D eigenvalue weighted by Crippen LogP contribution is -2.45. The number of methoxy groups -OCH3 is 1. The molecule has 0 saturated heterocycles. The standard InChI is InChI=1S/C20H19F2N3O3S/c1-11-16(18(26)24-13-5-9-14(27-2)10-6-13)17(25-20(29)23-11)12-3-7-15(8-4-12)28-19(21)22/h3-10,17,19H,1-2H3,(H,24,26)(H2,23,25,29)/t17-/m1/s1. The molecule has 29 heavy (non-hydrogen) atoms. The number of carbonyl (C=O) groups excluding carboxylic acids is 1. The number of ether oxygens (including phenoxy) is 2. The number of alkyl halides is 2. The summed E-state index contributed by atoms with van der Waals surface area (Å²) in [6.07, 6.45) is 0. The van der Waals surface area contributed by atoms with Crippen LogP contribution in [0.25, 0.3) is 0 Å². The van der Waals surface area contributed by atoms with Crippen LogP contribution in [-0.4, -0.2) is 24.7 Å². The van der Waals surface area contributed by atoms with E-state index in [1.807, 2.05) is 0 Å². The van der Waals surface area contributed by atoms with Crippen LogP contribution >= 0.6 is 12.2 Å². The average molecular weight is 419 g/mol.